The monoisotopic (exact) mass is 282 g/mol. The summed E-state index contributed by atoms with van der Waals surface area (Å²) in [7, 11) is 0. The summed E-state index contributed by atoms with van der Waals surface area (Å²) in [5, 5.41) is 12.1. The molecule has 1 heterocycles. The Labute approximate surface area is 120 Å². The second-order valence-electron chi connectivity index (χ2n) is 6.54. The maximum atomic E-state index is 12.3. The number of urea groups is 1. The average Bonchev–Trinajstić information content (AvgIpc) is 2.42. The van der Waals surface area contributed by atoms with E-state index in [9.17, 15) is 9.59 Å². The minimum atomic E-state index is -0.732. The zero-order chi connectivity index (χ0) is 14.7. The zero-order valence-electron chi connectivity index (χ0n) is 12.5. The molecule has 1 aliphatic carbocycles. The number of amides is 2. The van der Waals surface area contributed by atoms with E-state index in [1.54, 1.807) is 0 Å². The fourth-order valence-corrected chi connectivity index (χ4v) is 3.26. The first-order chi connectivity index (χ1) is 9.47. The molecule has 5 heteroatoms. The number of hydrogen-bond donors (Lipinski definition) is 2. The lowest BCUT2D eigenvalue weighted by Crippen LogP contribution is -2.50. The molecule has 2 aliphatic rings. The Morgan fingerprint density at radius 1 is 1.15 bits per heavy atom. The van der Waals surface area contributed by atoms with Crippen molar-refractivity contribution in [3.8, 4) is 0 Å². The molecule has 0 aromatic heterocycles. The summed E-state index contributed by atoms with van der Waals surface area (Å²) in [6.45, 7) is 6.04. The van der Waals surface area contributed by atoms with Crippen LogP contribution in [-0.4, -0.2) is 41.1 Å². The number of carbonyl (C=O) groups is 2. The Balaban J connectivity index is 1.83. The van der Waals surface area contributed by atoms with Gasteiger partial charge in [-0.05, 0) is 37.5 Å². The molecule has 2 fully saturated rings. The van der Waals surface area contributed by atoms with Crippen molar-refractivity contribution in [1.29, 1.82) is 0 Å². The van der Waals surface area contributed by atoms with Crippen LogP contribution >= 0.6 is 0 Å². The van der Waals surface area contributed by atoms with Gasteiger partial charge in [-0.1, -0.05) is 20.3 Å². The van der Waals surface area contributed by atoms with Crippen molar-refractivity contribution >= 4 is 12.0 Å². The number of carboxylic acids is 1. The Hall–Kier alpha value is -1.26. The Kier molecular flexibility index (Phi) is 4.89. The SMILES string of the molecule is CC1CCN(C(=O)NC2CCCC(C(=O)O)C2)CC1C. The van der Waals surface area contributed by atoms with Crippen molar-refractivity contribution in [2.75, 3.05) is 13.1 Å². The van der Waals surface area contributed by atoms with Gasteiger partial charge in [0.2, 0.25) is 0 Å². The number of nitrogens with one attached hydrogen (secondary N) is 1. The molecule has 5 nitrogen and oxygen atoms in total. The van der Waals surface area contributed by atoms with E-state index in [0.29, 0.717) is 18.3 Å². The highest BCUT2D eigenvalue weighted by atomic mass is 16.4. The molecule has 1 saturated carbocycles. The van der Waals surface area contributed by atoms with Crippen LogP contribution in [0.2, 0.25) is 0 Å². The molecule has 4 atom stereocenters. The van der Waals surface area contributed by atoms with Crippen LogP contribution in [0.25, 0.3) is 0 Å². The Morgan fingerprint density at radius 3 is 2.55 bits per heavy atom. The molecule has 114 valence electrons. The summed E-state index contributed by atoms with van der Waals surface area (Å²) in [6, 6.07) is 0.00629. The van der Waals surface area contributed by atoms with Crippen LogP contribution in [0, 0.1) is 17.8 Å². The van der Waals surface area contributed by atoms with Gasteiger partial charge < -0.3 is 15.3 Å². The summed E-state index contributed by atoms with van der Waals surface area (Å²) in [5.41, 5.74) is 0. The molecule has 0 aromatic carbocycles. The van der Waals surface area contributed by atoms with Crippen LogP contribution in [0.3, 0.4) is 0 Å². The van der Waals surface area contributed by atoms with E-state index in [4.69, 9.17) is 5.11 Å². The Bertz CT molecular complexity index is 372. The fourth-order valence-electron chi connectivity index (χ4n) is 3.26. The van der Waals surface area contributed by atoms with Crippen molar-refractivity contribution < 1.29 is 14.7 Å². The van der Waals surface area contributed by atoms with Crippen molar-refractivity contribution in [3.63, 3.8) is 0 Å². The normalized spacial score (nSPS) is 34.6. The second-order valence-corrected chi connectivity index (χ2v) is 6.54. The van der Waals surface area contributed by atoms with Crippen LogP contribution in [0.1, 0.15) is 46.0 Å². The molecular formula is C15H26N2O3. The van der Waals surface area contributed by atoms with E-state index >= 15 is 0 Å². The third-order valence-electron chi connectivity index (χ3n) is 4.97. The van der Waals surface area contributed by atoms with Crippen LogP contribution in [0.5, 0.6) is 0 Å². The van der Waals surface area contributed by atoms with Crippen LogP contribution in [0.15, 0.2) is 0 Å². The first-order valence-electron chi connectivity index (χ1n) is 7.75. The predicted molar refractivity (Wildman–Crippen MR) is 76.4 cm³/mol. The van der Waals surface area contributed by atoms with Gasteiger partial charge in [-0.15, -0.1) is 0 Å². The molecule has 4 unspecified atom stereocenters. The van der Waals surface area contributed by atoms with Gasteiger partial charge in [-0.2, -0.15) is 0 Å². The molecule has 0 aromatic rings. The summed E-state index contributed by atoms with van der Waals surface area (Å²) in [6.07, 6.45) is 4.14. The lowest BCUT2D eigenvalue weighted by molar-refractivity contribution is -0.143. The number of nitrogens with zero attached hydrogens (tertiary/aromatic N) is 1. The summed E-state index contributed by atoms with van der Waals surface area (Å²) in [5.74, 6) is 0.177. The summed E-state index contributed by atoms with van der Waals surface area (Å²) in [4.78, 5) is 25.2. The van der Waals surface area contributed by atoms with Crippen molar-refractivity contribution in [1.82, 2.24) is 10.2 Å². The van der Waals surface area contributed by atoms with Gasteiger partial charge in [-0.25, -0.2) is 4.79 Å². The van der Waals surface area contributed by atoms with Crippen LogP contribution < -0.4 is 5.32 Å². The van der Waals surface area contributed by atoms with Crippen molar-refractivity contribution in [2.45, 2.75) is 52.0 Å². The minimum absolute atomic E-state index is 0.0141. The molecule has 1 saturated heterocycles. The number of rotatable bonds is 2. The van der Waals surface area contributed by atoms with Gasteiger partial charge in [0.05, 0.1) is 5.92 Å². The number of piperidine rings is 1. The lowest BCUT2D eigenvalue weighted by atomic mass is 9.85. The Morgan fingerprint density at radius 2 is 1.90 bits per heavy atom. The van der Waals surface area contributed by atoms with Crippen molar-refractivity contribution in [3.05, 3.63) is 0 Å². The van der Waals surface area contributed by atoms with Gasteiger partial charge in [0.1, 0.15) is 0 Å². The largest absolute Gasteiger partial charge is 0.481 e. The number of aliphatic carboxylic acids is 1. The molecule has 2 N–H and O–H groups in total. The fraction of sp³-hybridized carbons (Fsp3) is 0.867. The van der Waals surface area contributed by atoms with E-state index in [-0.39, 0.29) is 18.0 Å². The molecule has 2 amide bonds. The third kappa shape index (κ3) is 3.64. The maximum Gasteiger partial charge on any atom is 0.317 e. The number of likely N-dealkylation sites (tertiary alicyclic amines) is 1. The van der Waals surface area contributed by atoms with E-state index in [0.717, 1.165) is 38.8 Å². The second kappa shape index (κ2) is 6.46. The smallest absolute Gasteiger partial charge is 0.317 e. The number of hydrogen-bond acceptors (Lipinski definition) is 2. The topological polar surface area (TPSA) is 69.6 Å². The van der Waals surface area contributed by atoms with Crippen molar-refractivity contribution in [2.24, 2.45) is 17.8 Å². The summed E-state index contributed by atoms with van der Waals surface area (Å²) < 4.78 is 0. The van der Waals surface area contributed by atoms with Crippen LogP contribution in [-0.2, 0) is 4.79 Å². The zero-order valence-corrected chi connectivity index (χ0v) is 12.5. The highest BCUT2D eigenvalue weighted by Gasteiger charge is 2.30. The first-order valence-corrected chi connectivity index (χ1v) is 7.75. The first kappa shape index (κ1) is 15.1. The quantitative estimate of drug-likeness (QED) is 0.816. The molecule has 0 bridgehead atoms. The number of carbonyl (C=O) groups excluding carboxylic acids is 1. The molecule has 1 aliphatic heterocycles. The molecule has 0 spiro atoms. The molecular weight excluding hydrogens is 256 g/mol. The number of carboxylic acid groups (broad SMARTS) is 1. The van der Waals surface area contributed by atoms with Gasteiger partial charge >= 0.3 is 12.0 Å². The van der Waals surface area contributed by atoms with E-state index in [1.165, 1.54) is 0 Å². The maximum absolute atomic E-state index is 12.3. The molecule has 2 rings (SSSR count). The van der Waals surface area contributed by atoms with Gasteiger partial charge in [0, 0.05) is 19.1 Å². The standard InChI is InChI=1S/C15H26N2O3/c1-10-6-7-17(9-11(10)2)15(20)16-13-5-3-4-12(8-13)14(18)19/h10-13H,3-9H2,1-2H3,(H,16,20)(H,18,19). The van der Waals surface area contributed by atoms with Gasteiger partial charge in [-0.3, -0.25) is 4.79 Å². The minimum Gasteiger partial charge on any atom is -0.481 e. The van der Waals surface area contributed by atoms with E-state index < -0.39 is 5.97 Å². The van der Waals surface area contributed by atoms with Gasteiger partial charge in [0.15, 0.2) is 0 Å². The highest BCUT2D eigenvalue weighted by molar-refractivity contribution is 5.75. The van der Waals surface area contributed by atoms with E-state index in [1.807, 2.05) is 4.90 Å². The predicted octanol–water partition coefficient (Wildman–Crippen LogP) is 2.32. The third-order valence-corrected chi connectivity index (χ3v) is 4.97. The van der Waals surface area contributed by atoms with Gasteiger partial charge in [0.25, 0.3) is 0 Å². The molecule has 20 heavy (non-hydrogen) atoms. The summed E-state index contributed by atoms with van der Waals surface area (Å²) >= 11 is 0. The average molecular weight is 282 g/mol. The molecule has 0 radical (unpaired) electrons. The highest BCUT2D eigenvalue weighted by Crippen LogP contribution is 2.26. The van der Waals surface area contributed by atoms with E-state index in [2.05, 4.69) is 19.2 Å². The lowest BCUT2D eigenvalue weighted by Gasteiger charge is -2.37. The van der Waals surface area contributed by atoms with Crippen LogP contribution in [0.4, 0.5) is 4.79 Å².